The molecular weight excluding hydrogens is 118 g/mol. The van der Waals surface area contributed by atoms with E-state index in [1.807, 2.05) is 0 Å². The van der Waals surface area contributed by atoms with E-state index in [1.54, 1.807) is 13.3 Å². The fraction of sp³-hybridized carbons (Fsp3) is 1.00. The zero-order valence-corrected chi connectivity index (χ0v) is 5.89. The molecule has 0 fully saturated rings. The molecule has 0 spiro atoms. The largest absolute Gasteiger partial charge is 0.377 e. The van der Waals surface area contributed by atoms with Gasteiger partial charge in [-0.15, -0.1) is 0 Å². The van der Waals surface area contributed by atoms with E-state index in [-0.39, 0.29) is 17.6 Å². The van der Waals surface area contributed by atoms with E-state index in [1.165, 1.54) is 0 Å². The molecule has 2 nitrogen and oxygen atoms in total. The predicted octanol–water partition coefficient (Wildman–Crippen LogP) is 0.404. The van der Waals surface area contributed by atoms with Crippen LogP contribution in [0.25, 0.3) is 0 Å². The summed E-state index contributed by atoms with van der Waals surface area (Å²) >= 11 is 0. The van der Waals surface area contributed by atoms with Crippen LogP contribution in [-0.4, -0.2) is 23.1 Å². The fourth-order valence-electron chi connectivity index (χ4n) is 0. The highest BCUT2D eigenvalue weighted by Gasteiger charge is 1.33. The molecule has 6 heavy (non-hydrogen) atoms. The molecular formula is C2H10O2P2. The maximum absolute atomic E-state index is 7.60. The zero-order valence-electron chi connectivity index (χ0n) is 3.89. The molecule has 40 valence electrons. The summed E-state index contributed by atoms with van der Waals surface area (Å²) in [5.74, 6) is 0. The van der Waals surface area contributed by atoms with Crippen molar-refractivity contribution in [1.82, 2.24) is 0 Å². The Labute approximate surface area is 41.7 Å². The highest BCUT2D eigenvalue weighted by Crippen LogP contribution is 1.83. The van der Waals surface area contributed by atoms with Crippen molar-refractivity contribution >= 4 is 17.6 Å². The molecule has 2 N–H and O–H groups in total. The molecule has 0 heterocycles. The average Bonchev–Trinajstić information content (AvgIpc) is 1.39. The van der Waals surface area contributed by atoms with Crippen LogP contribution in [0.5, 0.6) is 0 Å². The molecule has 0 aliphatic heterocycles. The average molecular weight is 128 g/mol. The second kappa shape index (κ2) is 17.1. The van der Waals surface area contributed by atoms with Crippen molar-refractivity contribution in [3.05, 3.63) is 0 Å². The third-order valence-electron chi connectivity index (χ3n) is 0. The predicted molar refractivity (Wildman–Crippen MR) is 32.9 cm³/mol. The molecule has 0 aliphatic carbocycles. The van der Waals surface area contributed by atoms with E-state index < -0.39 is 0 Å². The topological polar surface area (TPSA) is 40.5 Å². The highest BCUT2D eigenvalue weighted by molar-refractivity contribution is 7.30. The van der Waals surface area contributed by atoms with Crippen molar-refractivity contribution in [2.45, 2.75) is 0 Å². The first kappa shape index (κ1) is 9.91. The maximum Gasteiger partial charge on any atom is 0.00749 e. The Kier molecular flexibility index (Phi) is 28.2. The molecule has 0 saturated carbocycles. The Hall–Kier alpha value is 0.780. The minimum atomic E-state index is 0.0833. The van der Waals surface area contributed by atoms with Crippen molar-refractivity contribution in [3.8, 4) is 0 Å². The summed E-state index contributed by atoms with van der Waals surface area (Å²) in [5.41, 5.74) is 0. The van der Waals surface area contributed by atoms with E-state index in [2.05, 4.69) is 0 Å². The third-order valence-corrected chi connectivity index (χ3v) is 0. The van der Waals surface area contributed by atoms with Gasteiger partial charge in [0, 0.05) is 17.6 Å². The summed E-state index contributed by atoms with van der Waals surface area (Å²) in [7, 11) is 0.167. The summed E-state index contributed by atoms with van der Waals surface area (Å²) in [6, 6.07) is 0. The van der Waals surface area contributed by atoms with Crippen LogP contribution in [0.2, 0.25) is 0 Å². The van der Waals surface area contributed by atoms with E-state index in [0.717, 1.165) is 0 Å². The first-order chi connectivity index (χ1) is 2.83. The van der Waals surface area contributed by atoms with Gasteiger partial charge in [-0.1, -0.05) is 0 Å². The van der Waals surface area contributed by atoms with Crippen LogP contribution in [-0.2, 0) is 0 Å². The third kappa shape index (κ3) is 112. The van der Waals surface area contributed by atoms with E-state index in [4.69, 9.17) is 9.79 Å². The summed E-state index contributed by atoms with van der Waals surface area (Å²) < 4.78 is 0. The van der Waals surface area contributed by atoms with Gasteiger partial charge in [0.05, 0.1) is 0 Å². The Balaban J connectivity index is 0. The lowest BCUT2D eigenvalue weighted by Gasteiger charge is -1.53. The smallest absolute Gasteiger partial charge is 0.00749 e. The summed E-state index contributed by atoms with van der Waals surface area (Å²) in [4.78, 5) is 15.2. The normalized spacial score (nSPS) is 10.0. The van der Waals surface area contributed by atoms with Gasteiger partial charge in [-0.25, -0.2) is 0 Å². The Bertz CT molecular complexity index is 11.5. The standard InChI is InChI=1S/2CH5OP/c2*1-3-2/h2*2-3H,1H3. The summed E-state index contributed by atoms with van der Waals surface area (Å²) in [5, 5.41) is 0. The molecule has 2 atom stereocenters. The minimum absolute atomic E-state index is 0.0833. The Morgan fingerprint density at radius 2 is 1.00 bits per heavy atom. The van der Waals surface area contributed by atoms with Gasteiger partial charge in [0.15, 0.2) is 0 Å². The van der Waals surface area contributed by atoms with Gasteiger partial charge >= 0.3 is 0 Å². The van der Waals surface area contributed by atoms with Crippen LogP contribution < -0.4 is 0 Å². The second-order valence-corrected chi connectivity index (χ2v) is 1.34. The molecule has 0 radical (unpaired) electrons. The number of hydrogen-bond donors (Lipinski definition) is 2. The number of rotatable bonds is 0. The fourth-order valence-corrected chi connectivity index (χ4v) is 0. The van der Waals surface area contributed by atoms with Crippen molar-refractivity contribution < 1.29 is 9.79 Å². The van der Waals surface area contributed by atoms with Crippen molar-refractivity contribution in [3.63, 3.8) is 0 Å². The lowest BCUT2D eigenvalue weighted by Crippen LogP contribution is -1.21. The van der Waals surface area contributed by atoms with Gasteiger partial charge in [-0.3, -0.25) is 0 Å². The molecule has 0 aromatic rings. The lowest BCUT2D eigenvalue weighted by molar-refractivity contribution is 0.651. The molecule has 0 aromatic heterocycles. The van der Waals surface area contributed by atoms with Crippen molar-refractivity contribution in [2.75, 3.05) is 13.3 Å². The lowest BCUT2D eigenvalue weighted by atomic mass is 12.0. The van der Waals surface area contributed by atoms with Crippen LogP contribution in [0.3, 0.4) is 0 Å². The van der Waals surface area contributed by atoms with E-state index in [0.29, 0.717) is 0 Å². The Morgan fingerprint density at radius 1 is 1.00 bits per heavy atom. The van der Waals surface area contributed by atoms with Gasteiger partial charge in [0.2, 0.25) is 0 Å². The van der Waals surface area contributed by atoms with Crippen molar-refractivity contribution in [2.24, 2.45) is 0 Å². The molecule has 4 heteroatoms. The maximum atomic E-state index is 7.60. The monoisotopic (exact) mass is 128 g/mol. The van der Waals surface area contributed by atoms with Gasteiger partial charge in [-0.2, -0.15) is 0 Å². The molecule has 0 saturated heterocycles. The van der Waals surface area contributed by atoms with Crippen LogP contribution >= 0.6 is 17.6 Å². The molecule has 2 unspecified atom stereocenters. The van der Waals surface area contributed by atoms with Crippen molar-refractivity contribution in [1.29, 1.82) is 0 Å². The second-order valence-electron chi connectivity index (χ2n) is 0.447. The van der Waals surface area contributed by atoms with Crippen LogP contribution in [0.4, 0.5) is 0 Å². The molecule has 0 bridgehead atoms. The van der Waals surface area contributed by atoms with Crippen LogP contribution in [0.1, 0.15) is 0 Å². The van der Waals surface area contributed by atoms with Crippen LogP contribution in [0, 0.1) is 0 Å². The van der Waals surface area contributed by atoms with Gasteiger partial charge in [0.1, 0.15) is 0 Å². The molecule has 0 amide bonds. The number of hydrogen-bond acceptors (Lipinski definition) is 2. The highest BCUT2D eigenvalue weighted by atomic mass is 31.1. The molecule has 0 aliphatic rings. The SMILES string of the molecule is CPO.CPO. The first-order valence-electron chi connectivity index (χ1n) is 1.45. The quantitative estimate of drug-likeness (QED) is 0.463. The van der Waals surface area contributed by atoms with Crippen LogP contribution in [0.15, 0.2) is 0 Å². The molecule has 0 rings (SSSR count). The minimum Gasteiger partial charge on any atom is -0.377 e. The van der Waals surface area contributed by atoms with E-state index >= 15 is 0 Å². The Morgan fingerprint density at radius 3 is 1.00 bits per heavy atom. The van der Waals surface area contributed by atoms with Gasteiger partial charge in [-0.05, 0) is 13.3 Å². The summed E-state index contributed by atoms with van der Waals surface area (Å²) in [6.07, 6.45) is 0. The van der Waals surface area contributed by atoms with Gasteiger partial charge in [0.25, 0.3) is 0 Å². The zero-order chi connectivity index (χ0) is 5.41. The van der Waals surface area contributed by atoms with E-state index in [9.17, 15) is 0 Å². The molecule has 0 aromatic carbocycles. The first-order valence-corrected chi connectivity index (χ1v) is 4.34. The summed E-state index contributed by atoms with van der Waals surface area (Å²) in [6.45, 7) is 3.42. The van der Waals surface area contributed by atoms with Gasteiger partial charge < -0.3 is 9.79 Å².